The number of carbonyl (C=O) groups is 2. The molecule has 0 saturated heterocycles. The summed E-state index contributed by atoms with van der Waals surface area (Å²) in [6.45, 7) is 4.15. The lowest BCUT2D eigenvalue weighted by atomic mass is 10.1. The average Bonchev–Trinajstić information content (AvgIpc) is 3.22. The van der Waals surface area contributed by atoms with Gasteiger partial charge in [-0.2, -0.15) is 0 Å². The van der Waals surface area contributed by atoms with E-state index in [1.807, 2.05) is 50.2 Å². The molecule has 0 fully saturated rings. The van der Waals surface area contributed by atoms with Crippen molar-refractivity contribution in [2.75, 3.05) is 5.32 Å². The van der Waals surface area contributed by atoms with Gasteiger partial charge in [0.15, 0.2) is 5.69 Å². The summed E-state index contributed by atoms with van der Waals surface area (Å²) < 4.78 is 1.46. The van der Waals surface area contributed by atoms with Crippen LogP contribution in [0.3, 0.4) is 0 Å². The summed E-state index contributed by atoms with van der Waals surface area (Å²) in [6.07, 6.45) is 2.30. The number of nitrogens with one attached hydrogen (secondary N) is 2. The quantitative estimate of drug-likeness (QED) is 0.618. The number of benzene rings is 2. The largest absolute Gasteiger partial charge is 0.347 e. The smallest absolute Gasteiger partial charge is 0.273 e. The molecule has 0 saturated carbocycles. The van der Waals surface area contributed by atoms with Crippen molar-refractivity contribution in [2.45, 2.75) is 26.8 Å². The van der Waals surface area contributed by atoms with Gasteiger partial charge in [-0.1, -0.05) is 54.9 Å². The first-order valence-electron chi connectivity index (χ1n) is 9.33. The lowest BCUT2D eigenvalue weighted by molar-refractivity contribution is -0.119. The van der Waals surface area contributed by atoms with E-state index < -0.39 is 0 Å². The lowest BCUT2D eigenvalue weighted by Gasteiger charge is -2.11. The lowest BCUT2D eigenvalue weighted by Crippen LogP contribution is -2.23. The number of hydrogen-bond donors (Lipinski definition) is 2. The molecule has 7 nitrogen and oxygen atoms in total. The molecule has 0 aliphatic carbocycles. The van der Waals surface area contributed by atoms with Gasteiger partial charge in [-0.15, -0.1) is 5.10 Å². The van der Waals surface area contributed by atoms with E-state index in [-0.39, 0.29) is 23.4 Å². The Hall–Kier alpha value is -3.19. The second-order valence-corrected chi connectivity index (χ2v) is 7.09. The Morgan fingerprint density at radius 2 is 1.97 bits per heavy atom. The maximum absolute atomic E-state index is 12.4. The van der Waals surface area contributed by atoms with Gasteiger partial charge in [0.2, 0.25) is 5.91 Å². The monoisotopic (exact) mass is 411 g/mol. The summed E-state index contributed by atoms with van der Waals surface area (Å²) >= 11 is 6.15. The topological polar surface area (TPSA) is 88.9 Å². The highest BCUT2D eigenvalue weighted by atomic mass is 35.5. The number of carbonyl (C=O) groups excluding carboxylic acids is 2. The molecule has 0 radical (unpaired) electrons. The van der Waals surface area contributed by atoms with Gasteiger partial charge < -0.3 is 10.6 Å². The molecule has 0 spiro atoms. The first-order valence-corrected chi connectivity index (χ1v) is 9.71. The van der Waals surface area contributed by atoms with Crippen molar-refractivity contribution in [1.29, 1.82) is 0 Å². The molecule has 2 amide bonds. The van der Waals surface area contributed by atoms with E-state index in [0.29, 0.717) is 22.9 Å². The molecule has 0 aliphatic rings. The SMILES string of the molecule is CCC(C)C(=O)Nc1cccc(CNC(=O)c2cn(-c3ccccc3Cl)nn2)c1. The van der Waals surface area contributed by atoms with Crippen LogP contribution < -0.4 is 10.6 Å². The normalized spacial score (nSPS) is 11.7. The number of aromatic nitrogens is 3. The standard InChI is InChI=1S/C21H22ClN5O2/c1-3-14(2)20(28)24-16-8-6-7-15(11-16)12-23-21(29)18-13-27(26-25-18)19-10-5-4-9-17(19)22/h4-11,13-14H,3,12H2,1-2H3,(H,23,29)(H,24,28). The van der Waals surface area contributed by atoms with Crippen LogP contribution in [0.1, 0.15) is 36.3 Å². The number of anilines is 1. The fourth-order valence-electron chi connectivity index (χ4n) is 2.61. The van der Waals surface area contributed by atoms with Crippen LogP contribution >= 0.6 is 11.6 Å². The van der Waals surface area contributed by atoms with Crippen molar-refractivity contribution in [2.24, 2.45) is 5.92 Å². The highest BCUT2D eigenvalue weighted by Crippen LogP contribution is 2.18. The predicted octanol–water partition coefficient (Wildman–Crippen LogP) is 3.84. The highest BCUT2D eigenvalue weighted by molar-refractivity contribution is 6.32. The summed E-state index contributed by atoms with van der Waals surface area (Å²) in [4.78, 5) is 24.5. The Bertz CT molecular complexity index is 1020. The molecular formula is C21H22ClN5O2. The van der Waals surface area contributed by atoms with Gasteiger partial charge in [-0.25, -0.2) is 4.68 Å². The molecule has 0 aliphatic heterocycles. The minimum atomic E-state index is -0.350. The second kappa shape index (κ2) is 9.34. The molecular weight excluding hydrogens is 390 g/mol. The van der Waals surface area contributed by atoms with Crippen molar-refractivity contribution in [3.63, 3.8) is 0 Å². The van der Waals surface area contributed by atoms with E-state index in [0.717, 1.165) is 12.0 Å². The van der Waals surface area contributed by atoms with E-state index in [2.05, 4.69) is 20.9 Å². The number of rotatable bonds is 7. The van der Waals surface area contributed by atoms with Crippen molar-refractivity contribution in [3.8, 4) is 5.69 Å². The molecule has 3 rings (SSSR count). The molecule has 8 heteroatoms. The minimum Gasteiger partial charge on any atom is -0.347 e. The van der Waals surface area contributed by atoms with Crippen LogP contribution in [0.15, 0.2) is 54.7 Å². The number of para-hydroxylation sites is 1. The molecule has 1 atom stereocenters. The van der Waals surface area contributed by atoms with Gasteiger partial charge in [0.05, 0.1) is 16.9 Å². The third kappa shape index (κ3) is 5.20. The maximum atomic E-state index is 12.4. The second-order valence-electron chi connectivity index (χ2n) is 6.68. The molecule has 29 heavy (non-hydrogen) atoms. The zero-order valence-electron chi connectivity index (χ0n) is 16.2. The Balaban J connectivity index is 1.62. The molecule has 1 aromatic heterocycles. The molecule has 1 unspecified atom stereocenters. The van der Waals surface area contributed by atoms with Gasteiger partial charge >= 0.3 is 0 Å². The number of amides is 2. The van der Waals surface area contributed by atoms with E-state index in [1.54, 1.807) is 12.1 Å². The van der Waals surface area contributed by atoms with Gasteiger partial charge in [0, 0.05) is 18.2 Å². The maximum Gasteiger partial charge on any atom is 0.273 e. The van der Waals surface area contributed by atoms with Gasteiger partial charge in [0.1, 0.15) is 0 Å². The van der Waals surface area contributed by atoms with Crippen molar-refractivity contribution >= 4 is 29.1 Å². The summed E-state index contributed by atoms with van der Waals surface area (Å²) in [6, 6.07) is 14.5. The minimum absolute atomic E-state index is 0.0233. The van der Waals surface area contributed by atoms with E-state index in [1.165, 1.54) is 10.9 Å². The molecule has 2 aromatic carbocycles. The summed E-state index contributed by atoms with van der Waals surface area (Å²) in [5.74, 6) is -0.429. The zero-order valence-corrected chi connectivity index (χ0v) is 17.0. The van der Waals surface area contributed by atoms with Crippen molar-refractivity contribution in [3.05, 3.63) is 71.0 Å². The summed E-state index contributed by atoms with van der Waals surface area (Å²) in [5, 5.41) is 14.1. The number of hydrogen-bond acceptors (Lipinski definition) is 4. The Morgan fingerprint density at radius 3 is 2.72 bits per heavy atom. The number of nitrogens with zero attached hydrogens (tertiary/aromatic N) is 3. The van der Waals surface area contributed by atoms with E-state index in [4.69, 9.17) is 11.6 Å². The fraction of sp³-hybridized carbons (Fsp3) is 0.238. The van der Waals surface area contributed by atoms with Gasteiger partial charge in [-0.3, -0.25) is 9.59 Å². The molecule has 2 N–H and O–H groups in total. The molecule has 0 bridgehead atoms. The van der Waals surface area contributed by atoms with Crippen LogP contribution in [0.4, 0.5) is 5.69 Å². The van der Waals surface area contributed by atoms with Crippen LogP contribution in [-0.4, -0.2) is 26.8 Å². The van der Waals surface area contributed by atoms with Gasteiger partial charge in [0.25, 0.3) is 5.91 Å². The highest BCUT2D eigenvalue weighted by Gasteiger charge is 2.13. The van der Waals surface area contributed by atoms with Crippen LogP contribution in [0, 0.1) is 5.92 Å². The summed E-state index contributed by atoms with van der Waals surface area (Å²) in [7, 11) is 0. The third-order valence-corrected chi connectivity index (χ3v) is 4.85. The molecule has 150 valence electrons. The predicted molar refractivity (Wildman–Crippen MR) is 112 cm³/mol. The number of halogens is 1. The summed E-state index contributed by atoms with van der Waals surface area (Å²) in [5.41, 5.74) is 2.39. The first kappa shape index (κ1) is 20.5. The molecule has 1 heterocycles. The van der Waals surface area contributed by atoms with Crippen molar-refractivity contribution < 1.29 is 9.59 Å². The zero-order chi connectivity index (χ0) is 20.8. The fourth-order valence-corrected chi connectivity index (χ4v) is 2.83. The average molecular weight is 412 g/mol. The van der Waals surface area contributed by atoms with Crippen LogP contribution in [0.5, 0.6) is 0 Å². The van der Waals surface area contributed by atoms with E-state index in [9.17, 15) is 9.59 Å². The van der Waals surface area contributed by atoms with Crippen LogP contribution in [0.25, 0.3) is 5.69 Å². The third-order valence-electron chi connectivity index (χ3n) is 4.53. The van der Waals surface area contributed by atoms with E-state index >= 15 is 0 Å². The Labute approximate surface area is 174 Å². The first-order chi connectivity index (χ1) is 14.0. The van der Waals surface area contributed by atoms with Crippen LogP contribution in [-0.2, 0) is 11.3 Å². The van der Waals surface area contributed by atoms with Crippen LogP contribution in [0.2, 0.25) is 5.02 Å². The van der Waals surface area contributed by atoms with Gasteiger partial charge in [-0.05, 0) is 36.2 Å². The van der Waals surface area contributed by atoms with Crippen molar-refractivity contribution in [1.82, 2.24) is 20.3 Å². The Kier molecular flexibility index (Phi) is 6.61. The Morgan fingerprint density at radius 1 is 1.17 bits per heavy atom. The molecule has 3 aromatic rings.